The highest BCUT2D eigenvalue weighted by Gasteiger charge is 2.34. The van der Waals surface area contributed by atoms with E-state index >= 15 is 0 Å². The van der Waals surface area contributed by atoms with Crippen LogP contribution in [0.4, 0.5) is 0 Å². The van der Waals surface area contributed by atoms with Gasteiger partial charge in [-0.1, -0.05) is 12.1 Å². The van der Waals surface area contributed by atoms with Crippen molar-refractivity contribution in [3.05, 3.63) is 29.8 Å². The van der Waals surface area contributed by atoms with Gasteiger partial charge in [0.25, 0.3) is 10.0 Å². The molecule has 2 aliphatic heterocycles. The summed E-state index contributed by atoms with van der Waals surface area (Å²) >= 11 is 0. The molecule has 0 unspecified atom stereocenters. The fraction of sp³-hybridized carbons (Fsp3) is 0.579. The van der Waals surface area contributed by atoms with E-state index in [0.717, 1.165) is 25.7 Å². The molecular formula is C19H26N4O3S. The van der Waals surface area contributed by atoms with Gasteiger partial charge in [0.05, 0.1) is 0 Å². The molecule has 3 aliphatic rings. The molecule has 4 rings (SSSR count). The van der Waals surface area contributed by atoms with Crippen molar-refractivity contribution in [2.24, 2.45) is 16.0 Å². The molecule has 1 aromatic rings. The van der Waals surface area contributed by atoms with E-state index < -0.39 is 10.0 Å². The first-order valence-electron chi connectivity index (χ1n) is 9.69. The highest BCUT2D eigenvalue weighted by Crippen LogP contribution is 2.30. The molecule has 1 aliphatic carbocycles. The summed E-state index contributed by atoms with van der Waals surface area (Å²) in [6.45, 7) is 1.27. The SMILES string of the molecule is NC1CCC(NC(=O)C2CCN(C3=NS(=O)(=O)c4ccccc43)CC2)CC1. The summed E-state index contributed by atoms with van der Waals surface area (Å²) in [5, 5.41) is 3.18. The normalized spacial score (nSPS) is 27.7. The number of hydrogen-bond acceptors (Lipinski definition) is 5. The van der Waals surface area contributed by atoms with E-state index in [9.17, 15) is 13.2 Å². The second-order valence-electron chi connectivity index (χ2n) is 7.77. The first-order valence-corrected chi connectivity index (χ1v) is 11.1. The van der Waals surface area contributed by atoms with Gasteiger partial charge >= 0.3 is 0 Å². The molecule has 0 radical (unpaired) electrons. The summed E-state index contributed by atoms with van der Waals surface area (Å²) < 4.78 is 28.5. The smallest absolute Gasteiger partial charge is 0.285 e. The van der Waals surface area contributed by atoms with Gasteiger partial charge in [0.2, 0.25) is 5.91 Å². The Balaban J connectivity index is 1.36. The van der Waals surface area contributed by atoms with E-state index in [-0.39, 0.29) is 28.8 Å². The molecule has 0 aromatic heterocycles. The highest BCUT2D eigenvalue weighted by atomic mass is 32.2. The number of rotatable bonds is 2. The number of amides is 1. The van der Waals surface area contributed by atoms with Gasteiger partial charge in [0.1, 0.15) is 4.90 Å². The Bertz CT molecular complexity index is 851. The number of likely N-dealkylation sites (tertiary alicyclic amines) is 1. The van der Waals surface area contributed by atoms with Crippen molar-refractivity contribution < 1.29 is 13.2 Å². The molecule has 2 heterocycles. The van der Waals surface area contributed by atoms with Gasteiger partial charge in [0, 0.05) is 36.7 Å². The largest absolute Gasteiger partial charge is 0.355 e. The van der Waals surface area contributed by atoms with Crippen LogP contribution in [0.1, 0.15) is 44.1 Å². The molecule has 1 aromatic carbocycles. The van der Waals surface area contributed by atoms with Gasteiger partial charge in [-0.3, -0.25) is 4.79 Å². The van der Waals surface area contributed by atoms with Crippen LogP contribution in [-0.4, -0.2) is 50.2 Å². The highest BCUT2D eigenvalue weighted by molar-refractivity contribution is 7.90. The number of nitrogens with zero attached hydrogens (tertiary/aromatic N) is 2. The Kier molecular flexibility index (Phi) is 4.94. The van der Waals surface area contributed by atoms with Crippen molar-refractivity contribution in [2.45, 2.75) is 55.5 Å². The lowest BCUT2D eigenvalue weighted by Crippen LogP contribution is -2.46. The number of hydrogen-bond donors (Lipinski definition) is 2. The van der Waals surface area contributed by atoms with Crippen LogP contribution in [0.25, 0.3) is 0 Å². The van der Waals surface area contributed by atoms with E-state index in [4.69, 9.17) is 5.73 Å². The van der Waals surface area contributed by atoms with Crippen LogP contribution in [0.5, 0.6) is 0 Å². The Labute approximate surface area is 160 Å². The summed E-state index contributed by atoms with van der Waals surface area (Å²) in [7, 11) is -3.60. The van der Waals surface area contributed by atoms with Crippen molar-refractivity contribution in [3.63, 3.8) is 0 Å². The molecule has 2 fully saturated rings. The van der Waals surface area contributed by atoms with Gasteiger partial charge in [-0.05, 0) is 50.7 Å². The number of carbonyl (C=O) groups is 1. The Morgan fingerprint density at radius 2 is 1.74 bits per heavy atom. The summed E-state index contributed by atoms with van der Waals surface area (Å²) in [4.78, 5) is 14.9. The van der Waals surface area contributed by atoms with Crippen molar-refractivity contribution >= 4 is 21.8 Å². The van der Waals surface area contributed by atoms with Crippen LogP contribution >= 0.6 is 0 Å². The summed E-state index contributed by atoms with van der Waals surface area (Å²) in [5.41, 5.74) is 6.59. The topological polar surface area (TPSA) is 105 Å². The standard InChI is InChI=1S/C19H26N4O3S/c20-14-5-7-15(8-6-14)21-19(24)13-9-11-23(12-10-13)18-16-3-1-2-4-17(16)27(25,26)22-18/h1-4,13-15H,5-12,20H2,(H,21,24). The fourth-order valence-electron chi connectivity index (χ4n) is 4.25. The maximum absolute atomic E-state index is 12.6. The maximum Gasteiger partial charge on any atom is 0.285 e. The van der Waals surface area contributed by atoms with E-state index in [1.807, 2.05) is 11.0 Å². The van der Waals surface area contributed by atoms with Crippen molar-refractivity contribution in [1.82, 2.24) is 10.2 Å². The molecule has 3 N–H and O–H groups in total. The Hall–Kier alpha value is -1.93. The summed E-state index contributed by atoms with van der Waals surface area (Å²) in [6.07, 6.45) is 5.27. The number of amidine groups is 1. The number of nitrogens with two attached hydrogens (primary N) is 1. The molecule has 7 nitrogen and oxygen atoms in total. The predicted octanol–water partition coefficient (Wildman–Crippen LogP) is 1.23. The van der Waals surface area contributed by atoms with Gasteiger partial charge in [-0.25, -0.2) is 0 Å². The van der Waals surface area contributed by atoms with Gasteiger partial charge < -0.3 is 16.0 Å². The van der Waals surface area contributed by atoms with Crippen LogP contribution in [-0.2, 0) is 14.8 Å². The molecular weight excluding hydrogens is 364 g/mol. The number of benzene rings is 1. The number of sulfonamides is 1. The monoisotopic (exact) mass is 390 g/mol. The fourth-order valence-corrected chi connectivity index (χ4v) is 5.48. The average molecular weight is 391 g/mol. The van der Waals surface area contributed by atoms with Crippen molar-refractivity contribution in [3.8, 4) is 0 Å². The minimum absolute atomic E-state index is 0.0225. The Morgan fingerprint density at radius 3 is 2.44 bits per heavy atom. The third kappa shape index (κ3) is 3.73. The van der Waals surface area contributed by atoms with Crippen LogP contribution in [0.2, 0.25) is 0 Å². The van der Waals surface area contributed by atoms with E-state index in [1.54, 1.807) is 18.2 Å². The number of piperidine rings is 1. The summed E-state index contributed by atoms with van der Waals surface area (Å²) in [5.74, 6) is 0.618. The number of fused-ring (bicyclic) bond motifs is 1. The molecule has 27 heavy (non-hydrogen) atoms. The van der Waals surface area contributed by atoms with Crippen molar-refractivity contribution in [2.75, 3.05) is 13.1 Å². The number of carbonyl (C=O) groups excluding carboxylic acids is 1. The second kappa shape index (κ2) is 7.24. The second-order valence-corrected chi connectivity index (χ2v) is 9.34. The minimum atomic E-state index is -3.60. The predicted molar refractivity (Wildman–Crippen MR) is 103 cm³/mol. The van der Waals surface area contributed by atoms with Crippen molar-refractivity contribution in [1.29, 1.82) is 0 Å². The van der Waals surface area contributed by atoms with Gasteiger partial charge in [-0.2, -0.15) is 8.42 Å². The molecule has 0 bridgehead atoms. The molecule has 1 amide bonds. The molecule has 8 heteroatoms. The maximum atomic E-state index is 12.6. The van der Waals surface area contributed by atoms with Gasteiger partial charge in [-0.15, -0.1) is 4.40 Å². The lowest BCUT2D eigenvalue weighted by atomic mass is 9.90. The molecule has 1 saturated heterocycles. The Morgan fingerprint density at radius 1 is 1.07 bits per heavy atom. The minimum Gasteiger partial charge on any atom is -0.355 e. The van der Waals surface area contributed by atoms with Gasteiger partial charge in [0.15, 0.2) is 5.84 Å². The first kappa shape index (κ1) is 18.4. The zero-order valence-electron chi connectivity index (χ0n) is 15.3. The first-order chi connectivity index (χ1) is 12.9. The van der Waals surface area contributed by atoms with Crippen LogP contribution < -0.4 is 11.1 Å². The third-order valence-corrected chi connectivity index (χ3v) is 7.22. The summed E-state index contributed by atoms with van der Waals surface area (Å²) in [6, 6.07) is 7.44. The molecule has 1 saturated carbocycles. The quantitative estimate of drug-likeness (QED) is 0.790. The lowest BCUT2D eigenvalue weighted by Gasteiger charge is -2.34. The molecule has 0 spiro atoms. The van der Waals surface area contributed by atoms with Crippen LogP contribution in [0, 0.1) is 5.92 Å². The van der Waals surface area contributed by atoms with Crippen LogP contribution in [0.15, 0.2) is 33.6 Å². The van der Waals surface area contributed by atoms with E-state index in [2.05, 4.69) is 9.71 Å². The van der Waals surface area contributed by atoms with Crippen LogP contribution in [0.3, 0.4) is 0 Å². The zero-order valence-corrected chi connectivity index (χ0v) is 16.1. The van der Waals surface area contributed by atoms with E-state index in [0.29, 0.717) is 37.3 Å². The molecule has 146 valence electrons. The molecule has 0 atom stereocenters. The zero-order chi connectivity index (χ0) is 19.0. The average Bonchev–Trinajstić information content (AvgIpc) is 2.95. The third-order valence-electron chi connectivity index (χ3n) is 5.90. The van der Waals surface area contributed by atoms with E-state index in [1.165, 1.54) is 0 Å². The number of nitrogens with one attached hydrogen (secondary N) is 1. The lowest BCUT2D eigenvalue weighted by molar-refractivity contribution is -0.127.